The van der Waals surface area contributed by atoms with Crippen molar-refractivity contribution in [2.24, 2.45) is 5.92 Å². The maximum absolute atomic E-state index is 14.1. The summed E-state index contributed by atoms with van der Waals surface area (Å²) in [5.74, 6) is -0.504. The second-order valence-electron chi connectivity index (χ2n) is 10.7. The highest BCUT2D eigenvalue weighted by Gasteiger charge is 2.25. The Labute approximate surface area is 247 Å². The predicted octanol–water partition coefficient (Wildman–Crippen LogP) is 6.74. The average molecular weight is 590 g/mol. The van der Waals surface area contributed by atoms with Crippen LogP contribution in [0.2, 0.25) is 5.02 Å². The van der Waals surface area contributed by atoms with E-state index in [1.54, 1.807) is 17.3 Å². The number of fused-ring (bicyclic) bond motifs is 6. The van der Waals surface area contributed by atoms with Gasteiger partial charge in [-0.05, 0) is 85.5 Å². The Morgan fingerprint density at radius 2 is 1.86 bits per heavy atom. The average Bonchev–Trinajstić information content (AvgIpc) is 2.99. The predicted molar refractivity (Wildman–Crippen MR) is 160 cm³/mol. The van der Waals surface area contributed by atoms with Crippen molar-refractivity contribution in [3.8, 4) is 0 Å². The molecule has 4 aromatic rings. The van der Waals surface area contributed by atoms with E-state index in [1.165, 1.54) is 6.07 Å². The summed E-state index contributed by atoms with van der Waals surface area (Å²) in [5, 5.41) is 10.6. The van der Waals surface area contributed by atoms with Crippen LogP contribution in [0, 0.1) is 17.6 Å². The number of rotatable bonds is 5. The summed E-state index contributed by atoms with van der Waals surface area (Å²) in [6.45, 7) is 1.90. The van der Waals surface area contributed by atoms with E-state index in [0.717, 1.165) is 79.0 Å². The smallest absolute Gasteiger partial charge is 0.256 e. The Morgan fingerprint density at radius 3 is 2.69 bits per heavy atom. The Balaban J connectivity index is 1.10. The van der Waals surface area contributed by atoms with Gasteiger partial charge in [0.25, 0.3) is 5.91 Å². The van der Waals surface area contributed by atoms with Crippen molar-refractivity contribution in [2.45, 2.75) is 32.1 Å². The number of piperidine rings is 1. The normalized spacial score (nSPS) is 15.0. The molecule has 2 aliphatic rings. The molecule has 6 rings (SSSR count). The van der Waals surface area contributed by atoms with Crippen LogP contribution in [0.3, 0.4) is 0 Å². The summed E-state index contributed by atoms with van der Waals surface area (Å²) in [4.78, 5) is 27.6. The lowest BCUT2D eigenvalue weighted by molar-refractivity contribution is 0.0683. The minimum atomic E-state index is -0.818. The molecule has 2 aromatic heterocycles. The van der Waals surface area contributed by atoms with Crippen LogP contribution in [0.4, 0.5) is 37.6 Å². The maximum atomic E-state index is 14.1. The Bertz CT molecular complexity index is 1610. The third-order valence-corrected chi connectivity index (χ3v) is 8.05. The fourth-order valence-corrected chi connectivity index (χ4v) is 5.61. The van der Waals surface area contributed by atoms with Gasteiger partial charge in [-0.3, -0.25) is 9.78 Å². The van der Waals surface area contributed by atoms with Crippen LogP contribution in [0.5, 0.6) is 0 Å². The Morgan fingerprint density at radius 1 is 1.00 bits per heavy atom. The van der Waals surface area contributed by atoms with E-state index in [9.17, 15) is 13.6 Å². The van der Waals surface area contributed by atoms with E-state index in [1.807, 2.05) is 12.3 Å². The summed E-state index contributed by atoms with van der Waals surface area (Å²) in [7, 11) is 0. The highest BCUT2D eigenvalue weighted by Crippen LogP contribution is 2.30. The topological polar surface area (TPSA) is 95.1 Å². The molecule has 1 fully saturated rings. The zero-order valence-electron chi connectivity index (χ0n) is 22.8. The van der Waals surface area contributed by atoms with Gasteiger partial charge in [0.15, 0.2) is 5.82 Å². The zero-order chi connectivity index (χ0) is 29.1. The van der Waals surface area contributed by atoms with Crippen LogP contribution >= 0.6 is 11.6 Å². The van der Waals surface area contributed by atoms with E-state index in [0.29, 0.717) is 35.8 Å². The summed E-state index contributed by atoms with van der Waals surface area (Å²) in [5.41, 5.74) is 4.92. The molecule has 4 heterocycles. The molecule has 2 aliphatic heterocycles. The SMILES string of the molecule is O=C(c1ccc(F)cc1F)N1CCC(CCNc2ccc3cc2CCc2cncc(c2)Nc2ncc(Cl)c(n2)N3)CC1. The van der Waals surface area contributed by atoms with Crippen molar-refractivity contribution in [1.29, 1.82) is 0 Å². The number of nitrogens with zero attached hydrogens (tertiary/aromatic N) is 4. The highest BCUT2D eigenvalue weighted by molar-refractivity contribution is 6.32. The van der Waals surface area contributed by atoms with Crippen molar-refractivity contribution in [3.63, 3.8) is 0 Å². The fourth-order valence-electron chi connectivity index (χ4n) is 5.47. The largest absolute Gasteiger partial charge is 0.385 e. The van der Waals surface area contributed by atoms with Gasteiger partial charge in [0, 0.05) is 43.3 Å². The van der Waals surface area contributed by atoms with Crippen molar-refractivity contribution in [2.75, 3.05) is 35.6 Å². The summed E-state index contributed by atoms with van der Waals surface area (Å²) < 4.78 is 27.3. The molecule has 0 radical (unpaired) electrons. The van der Waals surface area contributed by atoms with E-state index in [-0.39, 0.29) is 11.5 Å². The molecular formula is C31H30ClF2N7O. The molecule has 11 heteroatoms. The summed E-state index contributed by atoms with van der Waals surface area (Å²) in [6.07, 6.45) is 9.41. The number of hydrogen-bond acceptors (Lipinski definition) is 7. The van der Waals surface area contributed by atoms with E-state index < -0.39 is 11.6 Å². The third-order valence-electron chi connectivity index (χ3n) is 7.78. The van der Waals surface area contributed by atoms with Crippen LogP contribution in [0.15, 0.2) is 61.1 Å². The number of pyridine rings is 1. The molecule has 0 saturated carbocycles. The minimum absolute atomic E-state index is 0.0789. The number of halogens is 3. The number of nitrogens with one attached hydrogen (secondary N) is 3. The molecule has 2 aromatic carbocycles. The molecule has 1 saturated heterocycles. The number of aromatic nitrogens is 3. The maximum Gasteiger partial charge on any atom is 0.256 e. The number of anilines is 5. The first-order valence-electron chi connectivity index (χ1n) is 14.0. The standard InChI is InChI=1S/C31H30ClF2N7O/c32-26-18-37-31-39-24-13-20(16-35-17-24)1-2-21-14-23(38-29(26)40-31)4-6-28(21)36-10-7-19-8-11-41(12-9-19)30(42)25-5-3-22(33)15-27(25)34/h3-6,13-19,36H,1-2,7-12H2,(H2,37,38,39,40). The zero-order valence-corrected chi connectivity index (χ0v) is 23.6. The molecule has 6 bridgehead atoms. The van der Waals surface area contributed by atoms with Gasteiger partial charge in [-0.1, -0.05) is 11.6 Å². The number of benzene rings is 2. The molecule has 3 N–H and O–H groups in total. The van der Waals surface area contributed by atoms with Crippen LogP contribution in [0.1, 0.15) is 40.7 Å². The lowest BCUT2D eigenvalue weighted by Gasteiger charge is -2.32. The Kier molecular flexibility index (Phi) is 8.14. The minimum Gasteiger partial charge on any atom is -0.385 e. The first kappa shape index (κ1) is 27.8. The van der Waals surface area contributed by atoms with E-state index >= 15 is 0 Å². The molecule has 42 heavy (non-hydrogen) atoms. The van der Waals surface area contributed by atoms with Crippen molar-refractivity contribution in [1.82, 2.24) is 19.9 Å². The van der Waals surface area contributed by atoms with Crippen LogP contribution < -0.4 is 16.0 Å². The van der Waals surface area contributed by atoms with E-state index in [4.69, 9.17) is 11.6 Å². The van der Waals surface area contributed by atoms with Crippen LogP contribution in [-0.4, -0.2) is 45.4 Å². The highest BCUT2D eigenvalue weighted by atomic mass is 35.5. The molecule has 0 atom stereocenters. The first-order chi connectivity index (χ1) is 20.4. The van der Waals surface area contributed by atoms with Crippen molar-refractivity contribution < 1.29 is 13.6 Å². The molecule has 8 nitrogen and oxygen atoms in total. The molecule has 1 amide bonds. The van der Waals surface area contributed by atoms with Gasteiger partial charge in [-0.2, -0.15) is 4.98 Å². The molecule has 0 aliphatic carbocycles. The number of hydrogen-bond donors (Lipinski definition) is 3. The van der Waals surface area contributed by atoms with Gasteiger partial charge < -0.3 is 20.9 Å². The lowest BCUT2D eigenvalue weighted by Crippen LogP contribution is -2.39. The summed E-state index contributed by atoms with van der Waals surface area (Å²) >= 11 is 6.38. The molecule has 0 spiro atoms. The molecular weight excluding hydrogens is 560 g/mol. The number of amides is 1. The second-order valence-corrected chi connectivity index (χ2v) is 11.1. The van der Waals surface area contributed by atoms with Gasteiger partial charge >= 0.3 is 0 Å². The number of aryl methyl sites for hydroxylation is 2. The third kappa shape index (κ3) is 6.44. The number of carbonyl (C=O) groups excluding carboxylic acids is 1. The Hall–Kier alpha value is -4.31. The van der Waals surface area contributed by atoms with Gasteiger partial charge in [0.1, 0.15) is 16.7 Å². The molecule has 216 valence electrons. The monoisotopic (exact) mass is 589 g/mol. The number of likely N-dealkylation sites (tertiary alicyclic amines) is 1. The molecule has 0 unspecified atom stereocenters. The van der Waals surface area contributed by atoms with Gasteiger partial charge in [0.2, 0.25) is 5.95 Å². The summed E-state index contributed by atoms with van der Waals surface area (Å²) in [6, 6.07) is 11.3. The van der Waals surface area contributed by atoms with Gasteiger partial charge in [-0.25, -0.2) is 13.8 Å². The second kappa shape index (κ2) is 12.3. The fraction of sp³-hybridized carbons (Fsp3) is 0.290. The van der Waals surface area contributed by atoms with Gasteiger partial charge in [0.05, 0.1) is 23.6 Å². The van der Waals surface area contributed by atoms with E-state index in [2.05, 4.69) is 49.1 Å². The van der Waals surface area contributed by atoms with Crippen LogP contribution in [0.25, 0.3) is 0 Å². The van der Waals surface area contributed by atoms with Gasteiger partial charge in [-0.15, -0.1) is 0 Å². The van der Waals surface area contributed by atoms with Crippen molar-refractivity contribution in [3.05, 3.63) is 94.4 Å². The lowest BCUT2D eigenvalue weighted by atomic mass is 9.93. The number of carbonyl (C=O) groups is 1. The van der Waals surface area contributed by atoms with Crippen molar-refractivity contribution >= 4 is 46.3 Å². The van der Waals surface area contributed by atoms with Crippen LogP contribution in [-0.2, 0) is 12.8 Å². The first-order valence-corrected chi connectivity index (χ1v) is 14.4. The quantitative estimate of drug-likeness (QED) is 0.237.